The van der Waals surface area contributed by atoms with Crippen LogP contribution >= 0.6 is 0 Å². The standard InChI is InChI=1S/C35H30FN2O/c1-21-10-14-27-28-15-13-25(19-37)32(24-12-11-22-8-6-7-9-23(22)16-24)34(28)39-33(27)31(21)30-17-29(36)26(20-38(30)5)18-35(2,3)4/h6-17,20H,18H2,1-5H3/q+1/i18D2. The van der Waals surface area contributed by atoms with E-state index in [9.17, 15) is 5.26 Å². The van der Waals surface area contributed by atoms with E-state index in [-0.39, 0.29) is 5.56 Å². The molecule has 3 nitrogen and oxygen atoms in total. The molecule has 0 aliphatic rings. The fourth-order valence-electron chi connectivity index (χ4n) is 5.41. The lowest BCUT2D eigenvalue weighted by atomic mass is 9.88. The largest absolute Gasteiger partial charge is 0.454 e. The number of furan rings is 1. The number of hydrogen-bond donors (Lipinski definition) is 0. The number of halogens is 1. The van der Waals surface area contributed by atoms with Gasteiger partial charge in [-0.05, 0) is 58.8 Å². The zero-order valence-electron chi connectivity index (χ0n) is 24.7. The van der Waals surface area contributed by atoms with Crippen LogP contribution in [0, 0.1) is 29.5 Å². The fraction of sp³-hybridized carbons (Fsp3) is 0.200. The summed E-state index contributed by atoms with van der Waals surface area (Å²) in [6.45, 7) is 7.25. The van der Waals surface area contributed by atoms with Crippen LogP contribution in [0.1, 0.15) is 40.2 Å². The molecule has 0 aliphatic heterocycles. The van der Waals surface area contributed by atoms with E-state index in [1.54, 1.807) is 38.6 Å². The Balaban J connectivity index is 1.63. The van der Waals surface area contributed by atoms with Crippen molar-refractivity contribution in [3.05, 3.63) is 102 Å². The van der Waals surface area contributed by atoms with Gasteiger partial charge in [-0.3, -0.25) is 0 Å². The summed E-state index contributed by atoms with van der Waals surface area (Å²) in [5, 5.41) is 14.0. The third-order valence-electron chi connectivity index (χ3n) is 7.17. The van der Waals surface area contributed by atoms with E-state index in [0.717, 1.165) is 43.8 Å². The van der Waals surface area contributed by atoms with E-state index in [1.165, 1.54) is 6.07 Å². The molecule has 192 valence electrons. The van der Waals surface area contributed by atoms with Crippen molar-refractivity contribution in [2.24, 2.45) is 12.5 Å². The van der Waals surface area contributed by atoms with Gasteiger partial charge in [0.15, 0.2) is 6.20 Å². The van der Waals surface area contributed by atoms with Gasteiger partial charge in [-0.1, -0.05) is 69.3 Å². The summed E-state index contributed by atoms with van der Waals surface area (Å²) in [5.41, 5.74) is 4.73. The van der Waals surface area contributed by atoms with Crippen molar-refractivity contribution in [3.63, 3.8) is 0 Å². The third-order valence-corrected chi connectivity index (χ3v) is 7.17. The molecule has 2 heterocycles. The average Bonchev–Trinajstić information content (AvgIpc) is 3.31. The van der Waals surface area contributed by atoms with Crippen molar-refractivity contribution >= 4 is 32.7 Å². The number of fused-ring (bicyclic) bond motifs is 4. The van der Waals surface area contributed by atoms with Gasteiger partial charge in [0, 0.05) is 25.1 Å². The van der Waals surface area contributed by atoms with Crippen LogP contribution in [0.15, 0.2) is 83.4 Å². The highest BCUT2D eigenvalue weighted by Crippen LogP contribution is 2.42. The molecule has 4 heteroatoms. The molecule has 4 aromatic carbocycles. The quantitative estimate of drug-likeness (QED) is 0.221. The number of benzene rings is 4. The maximum absolute atomic E-state index is 15.7. The van der Waals surface area contributed by atoms with Gasteiger partial charge in [-0.15, -0.1) is 0 Å². The minimum Gasteiger partial charge on any atom is -0.454 e. The van der Waals surface area contributed by atoms with E-state index >= 15 is 4.39 Å². The number of rotatable bonds is 3. The van der Waals surface area contributed by atoms with Crippen LogP contribution in [-0.2, 0) is 13.4 Å². The van der Waals surface area contributed by atoms with Crippen molar-refractivity contribution < 1.29 is 16.1 Å². The topological polar surface area (TPSA) is 40.8 Å². The van der Waals surface area contributed by atoms with Crippen LogP contribution < -0.4 is 4.57 Å². The summed E-state index contributed by atoms with van der Waals surface area (Å²) in [6, 6.07) is 25.7. The van der Waals surface area contributed by atoms with Crippen LogP contribution in [0.3, 0.4) is 0 Å². The van der Waals surface area contributed by atoms with Crippen LogP contribution in [0.4, 0.5) is 4.39 Å². The van der Waals surface area contributed by atoms with E-state index in [2.05, 4.69) is 18.2 Å². The Hall–Kier alpha value is -4.49. The summed E-state index contributed by atoms with van der Waals surface area (Å²) in [7, 11) is 1.80. The minimum atomic E-state index is -1.88. The van der Waals surface area contributed by atoms with E-state index in [1.807, 2.05) is 61.5 Å². The summed E-state index contributed by atoms with van der Waals surface area (Å²) < 4.78 is 41.4. The molecule has 0 amide bonds. The number of nitriles is 1. The number of aryl methyl sites for hydroxylation is 2. The molecule has 0 aliphatic carbocycles. The summed E-state index contributed by atoms with van der Waals surface area (Å²) in [5.74, 6) is -0.603. The molecule has 0 bridgehead atoms. The number of pyridine rings is 1. The Kier molecular flexibility index (Phi) is 5.23. The first-order valence-corrected chi connectivity index (χ1v) is 13.0. The molecular formula is C35H30FN2O+. The Labute approximate surface area is 230 Å². The Morgan fingerprint density at radius 1 is 0.923 bits per heavy atom. The molecule has 0 radical (unpaired) electrons. The molecule has 6 aromatic rings. The van der Waals surface area contributed by atoms with Crippen LogP contribution in [0.5, 0.6) is 0 Å². The third kappa shape index (κ3) is 4.25. The number of aromatic nitrogens is 1. The molecule has 0 spiro atoms. The van der Waals surface area contributed by atoms with Crippen molar-refractivity contribution in [3.8, 4) is 28.5 Å². The lowest BCUT2D eigenvalue weighted by molar-refractivity contribution is -0.661. The second-order valence-electron chi connectivity index (χ2n) is 11.2. The first-order chi connectivity index (χ1) is 19.4. The first kappa shape index (κ1) is 22.5. The van der Waals surface area contributed by atoms with Gasteiger partial charge in [-0.2, -0.15) is 5.26 Å². The lowest BCUT2D eigenvalue weighted by Crippen LogP contribution is -2.33. The average molecular weight is 516 g/mol. The van der Waals surface area contributed by atoms with Gasteiger partial charge in [0.2, 0.25) is 5.69 Å². The molecule has 0 atom stereocenters. The van der Waals surface area contributed by atoms with Gasteiger partial charge < -0.3 is 4.42 Å². The van der Waals surface area contributed by atoms with Crippen LogP contribution in [0.2, 0.25) is 0 Å². The lowest BCUT2D eigenvalue weighted by Gasteiger charge is -2.18. The summed E-state index contributed by atoms with van der Waals surface area (Å²) >= 11 is 0. The van der Waals surface area contributed by atoms with Gasteiger partial charge in [-0.25, -0.2) is 8.96 Å². The molecule has 6 rings (SSSR count). The highest BCUT2D eigenvalue weighted by atomic mass is 19.1. The molecule has 0 fully saturated rings. The number of nitrogens with zero attached hydrogens (tertiary/aromatic N) is 2. The van der Waals surface area contributed by atoms with Crippen LogP contribution in [-0.4, -0.2) is 0 Å². The maximum atomic E-state index is 15.7. The summed E-state index contributed by atoms with van der Waals surface area (Å²) in [4.78, 5) is 0. The van der Waals surface area contributed by atoms with Crippen molar-refractivity contribution in [2.75, 3.05) is 0 Å². The van der Waals surface area contributed by atoms with Gasteiger partial charge in [0.05, 0.1) is 22.8 Å². The fourth-order valence-corrected chi connectivity index (χ4v) is 5.41. The van der Waals surface area contributed by atoms with Gasteiger partial charge >= 0.3 is 0 Å². The Morgan fingerprint density at radius 2 is 1.62 bits per heavy atom. The van der Waals surface area contributed by atoms with Crippen molar-refractivity contribution in [1.82, 2.24) is 0 Å². The van der Waals surface area contributed by atoms with Crippen molar-refractivity contribution in [1.29, 1.82) is 5.26 Å². The SMILES string of the molecule is [2H]C([2H])(c1c[n+](C)c(-c2c(C)ccc3c2oc2c(-c4ccc5ccccc5c4)c(C#N)ccc23)cc1F)C(C)(C)C. The van der Waals surface area contributed by atoms with Crippen LogP contribution in [0.25, 0.3) is 55.1 Å². The Bertz CT molecular complexity index is 2060. The normalized spacial score (nSPS) is 13.1. The highest BCUT2D eigenvalue weighted by Gasteiger charge is 2.26. The summed E-state index contributed by atoms with van der Waals surface area (Å²) in [6.07, 6.45) is -0.332. The predicted octanol–water partition coefficient (Wildman–Crippen LogP) is 8.81. The molecular weight excluding hydrogens is 483 g/mol. The van der Waals surface area contributed by atoms with Gasteiger partial charge in [0.25, 0.3) is 0 Å². The molecule has 39 heavy (non-hydrogen) atoms. The minimum absolute atomic E-state index is 0.0166. The highest BCUT2D eigenvalue weighted by molar-refractivity contribution is 6.14. The molecule has 0 N–H and O–H groups in total. The van der Waals surface area contributed by atoms with Gasteiger partial charge in [0.1, 0.15) is 24.0 Å². The second-order valence-corrected chi connectivity index (χ2v) is 11.2. The van der Waals surface area contributed by atoms with E-state index in [4.69, 9.17) is 7.16 Å². The monoisotopic (exact) mass is 515 g/mol. The predicted molar refractivity (Wildman–Crippen MR) is 156 cm³/mol. The Morgan fingerprint density at radius 3 is 2.33 bits per heavy atom. The van der Waals surface area contributed by atoms with E-state index < -0.39 is 17.6 Å². The second kappa shape index (κ2) is 9.06. The molecule has 0 saturated heterocycles. The molecule has 2 aromatic heterocycles. The number of hydrogen-bond acceptors (Lipinski definition) is 2. The van der Waals surface area contributed by atoms with E-state index in [0.29, 0.717) is 22.4 Å². The zero-order valence-corrected chi connectivity index (χ0v) is 22.7. The maximum Gasteiger partial charge on any atom is 0.219 e. The zero-order chi connectivity index (χ0) is 29.3. The smallest absolute Gasteiger partial charge is 0.219 e. The van der Waals surface area contributed by atoms with Crippen molar-refractivity contribution in [2.45, 2.75) is 34.1 Å². The first-order valence-electron chi connectivity index (χ1n) is 14.0. The molecule has 0 saturated carbocycles. The molecule has 0 unspecified atom stereocenters.